The SMILES string of the molecule is CC(C)(CN)NCc1ccc2[nH]c(=O)[nH]c2c1. The first-order chi connectivity index (χ1) is 8.00. The van der Waals surface area contributed by atoms with Crippen LogP contribution >= 0.6 is 0 Å². The molecule has 0 unspecified atom stereocenters. The first kappa shape index (κ1) is 11.9. The number of aromatic nitrogens is 2. The van der Waals surface area contributed by atoms with Crippen LogP contribution < -0.4 is 16.7 Å². The summed E-state index contributed by atoms with van der Waals surface area (Å²) in [7, 11) is 0. The number of aromatic amines is 2. The van der Waals surface area contributed by atoms with Crippen LogP contribution in [0.25, 0.3) is 11.0 Å². The molecule has 0 aliphatic heterocycles. The molecule has 0 saturated heterocycles. The van der Waals surface area contributed by atoms with Crippen molar-refractivity contribution in [2.75, 3.05) is 6.54 Å². The van der Waals surface area contributed by atoms with E-state index in [1.807, 2.05) is 18.2 Å². The minimum atomic E-state index is -0.174. The van der Waals surface area contributed by atoms with Crippen molar-refractivity contribution in [3.63, 3.8) is 0 Å². The summed E-state index contributed by atoms with van der Waals surface area (Å²) >= 11 is 0. The fraction of sp³-hybridized carbons (Fsp3) is 0.417. The first-order valence-corrected chi connectivity index (χ1v) is 5.66. The van der Waals surface area contributed by atoms with Crippen LogP contribution in [0.1, 0.15) is 19.4 Å². The second kappa shape index (κ2) is 4.35. The molecule has 92 valence electrons. The van der Waals surface area contributed by atoms with Crippen molar-refractivity contribution in [1.82, 2.24) is 15.3 Å². The van der Waals surface area contributed by atoms with Gasteiger partial charge < -0.3 is 21.0 Å². The maximum Gasteiger partial charge on any atom is 0.323 e. The van der Waals surface area contributed by atoms with Gasteiger partial charge in [0.1, 0.15) is 0 Å². The van der Waals surface area contributed by atoms with Crippen LogP contribution in [0.2, 0.25) is 0 Å². The fourth-order valence-corrected chi connectivity index (χ4v) is 1.60. The van der Waals surface area contributed by atoms with Crippen molar-refractivity contribution >= 4 is 11.0 Å². The van der Waals surface area contributed by atoms with E-state index in [-0.39, 0.29) is 11.2 Å². The van der Waals surface area contributed by atoms with Gasteiger partial charge in [0.05, 0.1) is 11.0 Å². The van der Waals surface area contributed by atoms with Gasteiger partial charge in [0, 0.05) is 18.6 Å². The molecule has 5 nitrogen and oxygen atoms in total. The Balaban J connectivity index is 2.17. The molecule has 1 aromatic heterocycles. The van der Waals surface area contributed by atoms with Gasteiger partial charge in [0.2, 0.25) is 0 Å². The number of imidazole rings is 1. The summed E-state index contributed by atoms with van der Waals surface area (Å²) in [6.07, 6.45) is 0. The standard InChI is InChI=1S/C12H18N4O/c1-12(2,7-13)14-6-8-3-4-9-10(5-8)16-11(17)15-9/h3-5,14H,6-7,13H2,1-2H3,(H2,15,16,17). The van der Waals surface area contributed by atoms with Gasteiger partial charge in [-0.3, -0.25) is 0 Å². The molecular weight excluding hydrogens is 216 g/mol. The monoisotopic (exact) mass is 234 g/mol. The highest BCUT2D eigenvalue weighted by atomic mass is 16.1. The highest BCUT2D eigenvalue weighted by Gasteiger charge is 2.13. The maximum atomic E-state index is 11.1. The van der Waals surface area contributed by atoms with Crippen LogP contribution in [0.3, 0.4) is 0 Å². The molecule has 2 rings (SSSR count). The van der Waals surface area contributed by atoms with E-state index < -0.39 is 0 Å². The molecule has 0 spiro atoms. The molecule has 5 N–H and O–H groups in total. The van der Waals surface area contributed by atoms with Gasteiger partial charge >= 0.3 is 5.69 Å². The topological polar surface area (TPSA) is 86.7 Å². The second-order valence-electron chi connectivity index (χ2n) is 4.90. The molecule has 0 bridgehead atoms. The molecule has 0 aliphatic carbocycles. The van der Waals surface area contributed by atoms with Gasteiger partial charge in [-0.2, -0.15) is 0 Å². The Morgan fingerprint density at radius 1 is 1.29 bits per heavy atom. The molecule has 0 amide bonds. The Morgan fingerprint density at radius 2 is 2.00 bits per heavy atom. The lowest BCUT2D eigenvalue weighted by Crippen LogP contribution is -2.45. The highest BCUT2D eigenvalue weighted by Crippen LogP contribution is 2.11. The van der Waals surface area contributed by atoms with Crippen molar-refractivity contribution in [3.8, 4) is 0 Å². The summed E-state index contributed by atoms with van der Waals surface area (Å²) in [6.45, 7) is 5.43. The smallest absolute Gasteiger partial charge is 0.323 e. The van der Waals surface area contributed by atoms with Crippen molar-refractivity contribution in [3.05, 3.63) is 34.2 Å². The van der Waals surface area contributed by atoms with E-state index in [0.717, 1.165) is 23.1 Å². The summed E-state index contributed by atoms with van der Waals surface area (Å²) in [5.41, 5.74) is 8.18. The van der Waals surface area contributed by atoms with E-state index in [0.29, 0.717) is 6.54 Å². The van der Waals surface area contributed by atoms with Crippen molar-refractivity contribution in [2.45, 2.75) is 25.9 Å². The summed E-state index contributed by atoms with van der Waals surface area (Å²) in [6, 6.07) is 5.86. The Kier molecular flexibility index (Phi) is 3.04. The molecule has 0 aliphatic rings. The number of nitrogens with two attached hydrogens (primary N) is 1. The van der Waals surface area contributed by atoms with Gasteiger partial charge in [0.15, 0.2) is 0 Å². The Labute approximate surface area is 99.4 Å². The Hall–Kier alpha value is -1.59. The number of H-pyrrole nitrogens is 2. The molecule has 0 radical (unpaired) electrons. The number of hydrogen-bond acceptors (Lipinski definition) is 3. The summed E-state index contributed by atoms with van der Waals surface area (Å²) in [5, 5.41) is 3.37. The number of nitrogens with one attached hydrogen (secondary N) is 3. The van der Waals surface area contributed by atoms with E-state index >= 15 is 0 Å². The third-order valence-corrected chi connectivity index (χ3v) is 2.86. The zero-order valence-corrected chi connectivity index (χ0v) is 10.1. The van der Waals surface area contributed by atoms with E-state index in [4.69, 9.17) is 5.73 Å². The average molecular weight is 234 g/mol. The molecule has 1 aromatic carbocycles. The van der Waals surface area contributed by atoms with Crippen LogP contribution in [0, 0.1) is 0 Å². The van der Waals surface area contributed by atoms with Crippen LogP contribution in [0.4, 0.5) is 0 Å². The van der Waals surface area contributed by atoms with E-state index in [1.54, 1.807) is 0 Å². The largest absolute Gasteiger partial charge is 0.329 e. The van der Waals surface area contributed by atoms with Crippen LogP contribution in [0.15, 0.2) is 23.0 Å². The number of hydrogen-bond donors (Lipinski definition) is 4. The lowest BCUT2D eigenvalue weighted by molar-refractivity contribution is 0.397. The zero-order valence-electron chi connectivity index (χ0n) is 10.1. The predicted octanol–water partition coefficient (Wildman–Crippen LogP) is 0.683. The first-order valence-electron chi connectivity index (χ1n) is 5.66. The summed E-state index contributed by atoms with van der Waals surface area (Å²) < 4.78 is 0. The molecule has 0 saturated carbocycles. The van der Waals surface area contributed by atoms with Gasteiger partial charge in [0.25, 0.3) is 0 Å². The van der Waals surface area contributed by atoms with E-state index in [2.05, 4.69) is 29.1 Å². The minimum Gasteiger partial charge on any atom is -0.329 e. The molecule has 0 atom stereocenters. The number of benzene rings is 1. The fourth-order valence-electron chi connectivity index (χ4n) is 1.60. The lowest BCUT2D eigenvalue weighted by Gasteiger charge is -2.24. The third-order valence-electron chi connectivity index (χ3n) is 2.86. The third kappa shape index (κ3) is 2.75. The number of rotatable bonds is 4. The Morgan fingerprint density at radius 3 is 2.71 bits per heavy atom. The summed E-state index contributed by atoms with van der Waals surface area (Å²) in [5.74, 6) is 0. The lowest BCUT2D eigenvalue weighted by atomic mass is 10.1. The quantitative estimate of drug-likeness (QED) is 0.627. The van der Waals surface area contributed by atoms with Gasteiger partial charge in [-0.1, -0.05) is 6.07 Å². The predicted molar refractivity (Wildman–Crippen MR) is 68.9 cm³/mol. The van der Waals surface area contributed by atoms with Crippen LogP contribution in [-0.2, 0) is 6.54 Å². The Bertz CT molecular complexity index is 567. The molecule has 2 aromatic rings. The minimum absolute atomic E-state index is 0.0828. The van der Waals surface area contributed by atoms with Crippen LogP contribution in [-0.4, -0.2) is 22.1 Å². The molecule has 0 fully saturated rings. The van der Waals surface area contributed by atoms with Crippen molar-refractivity contribution in [1.29, 1.82) is 0 Å². The van der Waals surface area contributed by atoms with Crippen LogP contribution in [0.5, 0.6) is 0 Å². The molecular formula is C12H18N4O. The number of fused-ring (bicyclic) bond motifs is 1. The molecule has 17 heavy (non-hydrogen) atoms. The molecule has 1 heterocycles. The van der Waals surface area contributed by atoms with E-state index in [1.165, 1.54) is 0 Å². The zero-order chi connectivity index (χ0) is 12.5. The van der Waals surface area contributed by atoms with Crippen molar-refractivity contribution < 1.29 is 0 Å². The summed E-state index contributed by atoms with van der Waals surface area (Å²) in [4.78, 5) is 16.6. The van der Waals surface area contributed by atoms with Gasteiger partial charge in [-0.25, -0.2) is 4.79 Å². The highest BCUT2D eigenvalue weighted by molar-refractivity contribution is 5.74. The van der Waals surface area contributed by atoms with Gasteiger partial charge in [-0.05, 0) is 31.5 Å². The maximum absolute atomic E-state index is 11.1. The van der Waals surface area contributed by atoms with Crippen molar-refractivity contribution in [2.24, 2.45) is 5.73 Å². The average Bonchev–Trinajstić information content (AvgIpc) is 2.66. The molecule has 5 heteroatoms. The second-order valence-corrected chi connectivity index (χ2v) is 4.90. The van der Waals surface area contributed by atoms with Gasteiger partial charge in [-0.15, -0.1) is 0 Å². The normalized spacial score (nSPS) is 12.2. The van der Waals surface area contributed by atoms with E-state index in [9.17, 15) is 4.79 Å².